The molecule has 1 N–H and O–H groups in total. The maximum absolute atomic E-state index is 12.9. The first-order valence-electron chi connectivity index (χ1n) is 12.6. The predicted molar refractivity (Wildman–Crippen MR) is 158 cm³/mol. The van der Waals surface area contributed by atoms with Gasteiger partial charge in [0.15, 0.2) is 5.17 Å². The molecule has 0 atom stereocenters. The molecule has 206 valence electrons. The topological polar surface area (TPSA) is 108 Å². The average Bonchev–Trinajstić information content (AvgIpc) is 3.36. The van der Waals surface area contributed by atoms with Crippen molar-refractivity contribution in [3.8, 4) is 5.75 Å². The lowest BCUT2D eigenvalue weighted by atomic mass is 10.0. The van der Waals surface area contributed by atoms with Crippen LogP contribution >= 0.6 is 11.8 Å². The van der Waals surface area contributed by atoms with E-state index in [2.05, 4.69) is 43.1 Å². The summed E-state index contributed by atoms with van der Waals surface area (Å²) in [6.45, 7) is 4.54. The van der Waals surface area contributed by atoms with E-state index in [1.54, 1.807) is 31.3 Å². The second-order valence-corrected chi connectivity index (χ2v) is 12.3. The number of likely N-dealkylation sites (N-methyl/N-ethyl adjacent to an activating group) is 1. The van der Waals surface area contributed by atoms with E-state index in [0.29, 0.717) is 34.0 Å². The van der Waals surface area contributed by atoms with Gasteiger partial charge in [0.1, 0.15) is 18.9 Å². The van der Waals surface area contributed by atoms with Crippen LogP contribution in [0.25, 0.3) is 6.08 Å². The van der Waals surface area contributed by atoms with Crippen LogP contribution in [0.15, 0.2) is 82.7 Å². The van der Waals surface area contributed by atoms with Gasteiger partial charge in [-0.2, -0.15) is 8.42 Å². The molecule has 0 unspecified atom stereocenters. The number of amides is 2. The fourth-order valence-electron chi connectivity index (χ4n) is 4.11. The number of hydrogen-bond acceptors (Lipinski definition) is 7. The van der Waals surface area contributed by atoms with Gasteiger partial charge < -0.3 is 4.74 Å². The summed E-state index contributed by atoms with van der Waals surface area (Å²) in [7, 11) is -2.22. The summed E-state index contributed by atoms with van der Waals surface area (Å²) < 4.78 is 32.9. The van der Waals surface area contributed by atoms with Crippen LogP contribution in [0.3, 0.4) is 0 Å². The molecule has 0 aliphatic carbocycles. The van der Waals surface area contributed by atoms with Crippen LogP contribution in [0.5, 0.6) is 5.75 Å². The number of carbonyl (C=O) groups is 2. The van der Waals surface area contributed by atoms with E-state index in [0.717, 1.165) is 21.2 Å². The summed E-state index contributed by atoms with van der Waals surface area (Å²) in [6, 6.07) is 22.4. The maximum atomic E-state index is 12.9. The molecule has 2 fully saturated rings. The molecular formula is C29H28N4O5S2. The Morgan fingerprint density at radius 2 is 1.68 bits per heavy atom. The number of amidine groups is 1. The Labute approximate surface area is 237 Å². The van der Waals surface area contributed by atoms with Crippen molar-refractivity contribution in [3.05, 3.63) is 94.4 Å². The molecule has 0 spiro atoms. The number of carbonyl (C=O) groups excluding carboxylic acids is 2. The second kappa shape index (κ2) is 11.2. The van der Waals surface area contributed by atoms with Crippen LogP contribution in [-0.2, 0) is 26.4 Å². The molecule has 3 aromatic rings. The van der Waals surface area contributed by atoms with Crippen LogP contribution in [0.1, 0.15) is 36.5 Å². The highest BCUT2D eigenvalue weighted by Gasteiger charge is 2.34. The van der Waals surface area contributed by atoms with Crippen molar-refractivity contribution in [2.45, 2.75) is 26.4 Å². The van der Waals surface area contributed by atoms with E-state index >= 15 is 0 Å². The SMILES string of the molecule is CC(C)c1ccc(COc2ccc(/C=C3\SC(=Nc4ccc(N5CC(=O)NS5(=O)=O)cc4)N(C)C3=O)cc2)cc1. The van der Waals surface area contributed by atoms with Gasteiger partial charge in [-0.05, 0) is 76.8 Å². The lowest BCUT2D eigenvalue weighted by Gasteiger charge is -2.14. The number of nitrogens with zero attached hydrogens (tertiary/aromatic N) is 3. The van der Waals surface area contributed by atoms with E-state index in [1.807, 2.05) is 35.1 Å². The standard InChI is InChI=1S/C29H28N4O5S2/c1-19(2)22-8-4-21(5-9-22)18-38-25-14-6-20(7-15-25)16-26-28(35)32(3)29(39-26)30-23-10-12-24(13-11-23)33-17-27(34)31-40(33,36)37/h4-16,19H,17-18H2,1-3H3,(H,31,34)/b26-16-,30-29?. The number of aliphatic imine (C=N–C) groups is 1. The minimum atomic E-state index is -3.88. The third-order valence-electron chi connectivity index (χ3n) is 6.42. The molecule has 40 heavy (non-hydrogen) atoms. The molecule has 0 saturated carbocycles. The van der Waals surface area contributed by atoms with Gasteiger partial charge in [0.2, 0.25) is 0 Å². The van der Waals surface area contributed by atoms with Crippen molar-refractivity contribution >= 4 is 56.4 Å². The quantitative estimate of drug-likeness (QED) is 0.405. The highest BCUT2D eigenvalue weighted by atomic mass is 32.2. The number of nitrogens with one attached hydrogen (secondary N) is 1. The summed E-state index contributed by atoms with van der Waals surface area (Å²) in [4.78, 5) is 30.9. The number of benzene rings is 3. The number of anilines is 1. The fourth-order valence-corrected chi connectivity index (χ4v) is 6.25. The zero-order chi connectivity index (χ0) is 28.4. The Morgan fingerprint density at radius 1 is 1.00 bits per heavy atom. The first kappa shape index (κ1) is 27.5. The van der Waals surface area contributed by atoms with Gasteiger partial charge in [0.25, 0.3) is 11.8 Å². The van der Waals surface area contributed by atoms with Gasteiger partial charge in [-0.15, -0.1) is 0 Å². The molecule has 11 heteroatoms. The Hall–Kier alpha value is -4.09. The predicted octanol–water partition coefficient (Wildman–Crippen LogP) is 4.80. The normalized spacial score (nSPS) is 18.7. The second-order valence-electron chi connectivity index (χ2n) is 9.68. The summed E-state index contributed by atoms with van der Waals surface area (Å²) in [5.41, 5.74) is 4.15. The van der Waals surface area contributed by atoms with Gasteiger partial charge in [0.05, 0.1) is 16.3 Å². The van der Waals surface area contributed by atoms with Crippen molar-refractivity contribution in [2.75, 3.05) is 17.9 Å². The third kappa shape index (κ3) is 6.05. The molecule has 0 bridgehead atoms. The maximum Gasteiger partial charge on any atom is 0.326 e. The van der Waals surface area contributed by atoms with E-state index in [-0.39, 0.29) is 12.5 Å². The van der Waals surface area contributed by atoms with Crippen LogP contribution in [-0.4, -0.2) is 43.9 Å². The van der Waals surface area contributed by atoms with Gasteiger partial charge in [-0.25, -0.2) is 14.0 Å². The Balaban J connectivity index is 1.23. The molecule has 2 heterocycles. The van der Waals surface area contributed by atoms with E-state index < -0.39 is 16.1 Å². The zero-order valence-electron chi connectivity index (χ0n) is 22.2. The fraction of sp³-hybridized carbons (Fsp3) is 0.207. The summed E-state index contributed by atoms with van der Waals surface area (Å²) >= 11 is 1.26. The average molecular weight is 577 g/mol. The van der Waals surface area contributed by atoms with Gasteiger partial charge >= 0.3 is 10.2 Å². The van der Waals surface area contributed by atoms with Crippen LogP contribution in [0.2, 0.25) is 0 Å². The zero-order valence-corrected chi connectivity index (χ0v) is 23.8. The third-order valence-corrected chi connectivity index (χ3v) is 8.88. The van der Waals surface area contributed by atoms with Crippen molar-refractivity contribution in [1.29, 1.82) is 0 Å². The van der Waals surface area contributed by atoms with E-state index in [1.165, 1.54) is 22.2 Å². The molecular weight excluding hydrogens is 548 g/mol. The van der Waals surface area contributed by atoms with Crippen molar-refractivity contribution < 1.29 is 22.7 Å². The van der Waals surface area contributed by atoms with E-state index in [9.17, 15) is 18.0 Å². The molecule has 2 aliphatic heterocycles. The summed E-state index contributed by atoms with van der Waals surface area (Å²) in [5.74, 6) is 0.481. The molecule has 2 saturated heterocycles. The molecule has 2 aliphatic rings. The largest absolute Gasteiger partial charge is 0.489 e. The van der Waals surface area contributed by atoms with Gasteiger partial charge in [-0.1, -0.05) is 50.2 Å². The Bertz CT molecular complexity index is 1600. The lowest BCUT2D eigenvalue weighted by molar-refractivity contribution is -0.121. The number of hydrogen-bond donors (Lipinski definition) is 1. The summed E-state index contributed by atoms with van der Waals surface area (Å²) in [6.07, 6.45) is 1.81. The molecule has 3 aromatic carbocycles. The number of rotatable bonds is 7. The molecule has 9 nitrogen and oxygen atoms in total. The summed E-state index contributed by atoms with van der Waals surface area (Å²) in [5, 5.41) is 0.498. The van der Waals surface area contributed by atoms with Crippen LogP contribution in [0, 0.1) is 0 Å². The molecule has 2 amide bonds. The molecule has 0 aromatic heterocycles. The van der Waals surface area contributed by atoms with Crippen molar-refractivity contribution in [1.82, 2.24) is 9.62 Å². The lowest BCUT2D eigenvalue weighted by Crippen LogP contribution is -2.29. The smallest absolute Gasteiger partial charge is 0.326 e. The van der Waals surface area contributed by atoms with E-state index in [4.69, 9.17) is 4.74 Å². The highest BCUT2D eigenvalue weighted by Crippen LogP contribution is 2.34. The first-order valence-corrected chi connectivity index (χ1v) is 14.9. The van der Waals surface area contributed by atoms with Crippen molar-refractivity contribution in [2.24, 2.45) is 4.99 Å². The highest BCUT2D eigenvalue weighted by molar-refractivity contribution is 8.18. The minimum absolute atomic E-state index is 0.168. The Morgan fingerprint density at radius 3 is 2.27 bits per heavy atom. The number of ether oxygens (including phenoxy) is 1. The number of thioether (sulfide) groups is 1. The van der Waals surface area contributed by atoms with Crippen LogP contribution in [0.4, 0.5) is 11.4 Å². The molecule has 0 radical (unpaired) electrons. The van der Waals surface area contributed by atoms with Crippen LogP contribution < -0.4 is 13.8 Å². The van der Waals surface area contributed by atoms with Crippen molar-refractivity contribution in [3.63, 3.8) is 0 Å². The Kier molecular flexibility index (Phi) is 7.68. The van der Waals surface area contributed by atoms with Gasteiger partial charge in [-0.3, -0.25) is 14.5 Å². The van der Waals surface area contributed by atoms with Gasteiger partial charge in [0, 0.05) is 7.05 Å². The first-order chi connectivity index (χ1) is 19.1. The monoisotopic (exact) mass is 576 g/mol. The minimum Gasteiger partial charge on any atom is -0.489 e. The molecule has 5 rings (SSSR count).